The van der Waals surface area contributed by atoms with Gasteiger partial charge in [-0.1, -0.05) is 37.6 Å². The third-order valence-electron chi connectivity index (χ3n) is 3.53. The molecule has 1 fully saturated rings. The van der Waals surface area contributed by atoms with Gasteiger partial charge in [0, 0.05) is 0 Å². The van der Waals surface area contributed by atoms with Gasteiger partial charge in [0.05, 0.1) is 17.7 Å². The van der Waals surface area contributed by atoms with Crippen LogP contribution in [0.2, 0.25) is 0 Å². The number of carbonyl (C=O) groups excluding carboxylic acids is 1. The number of carbonyl (C=O) groups is 1. The molecule has 1 amide bonds. The van der Waals surface area contributed by atoms with Crippen molar-refractivity contribution in [2.45, 2.75) is 37.8 Å². The molecule has 1 aromatic carbocycles. The van der Waals surface area contributed by atoms with Crippen molar-refractivity contribution < 1.29 is 14.6 Å². The fourth-order valence-corrected chi connectivity index (χ4v) is 2.45. The van der Waals surface area contributed by atoms with Crippen LogP contribution >= 0.6 is 0 Å². The Morgan fingerprint density at radius 1 is 1.40 bits per heavy atom. The number of aliphatic hydroxyl groups is 1. The van der Waals surface area contributed by atoms with Gasteiger partial charge >= 0.3 is 0 Å². The number of hydrogen-bond acceptors (Lipinski definition) is 3. The average Bonchev–Trinajstić information content (AvgIpc) is 2.47. The van der Waals surface area contributed by atoms with Crippen molar-refractivity contribution in [3.8, 4) is 5.75 Å². The number of aliphatic hydroxyl groups excluding tert-OH is 1. The molecule has 1 aliphatic carbocycles. The molecule has 4 heteroatoms. The van der Waals surface area contributed by atoms with Crippen LogP contribution in [0.3, 0.4) is 0 Å². The summed E-state index contributed by atoms with van der Waals surface area (Å²) in [6.07, 6.45) is 4.82. The zero-order valence-electron chi connectivity index (χ0n) is 11.5. The molecule has 0 aromatic heterocycles. The van der Waals surface area contributed by atoms with Gasteiger partial charge in [0.1, 0.15) is 12.4 Å². The SMILES string of the molecule is C=CCOc1ccccc1C(=O)N[C@H]1CCCC[C@@H]1O. The molecule has 0 spiro atoms. The number of rotatable bonds is 5. The van der Waals surface area contributed by atoms with Gasteiger partial charge in [0.15, 0.2) is 0 Å². The highest BCUT2D eigenvalue weighted by Crippen LogP contribution is 2.21. The fraction of sp³-hybridized carbons (Fsp3) is 0.438. The summed E-state index contributed by atoms with van der Waals surface area (Å²) in [7, 11) is 0. The first-order valence-corrected chi connectivity index (χ1v) is 7.04. The summed E-state index contributed by atoms with van der Waals surface area (Å²) < 4.78 is 5.48. The summed E-state index contributed by atoms with van der Waals surface area (Å²) in [4.78, 5) is 12.3. The van der Waals surface area contributed by atoms with Gasteiger partial charge in [-0.2, -0.15) is 0 Å². The van der Waals surface area contributed by atoms with Crippen molar-refractivity contribution >= 4 is 5.91 Å². The van der Waals surface area contributed by atoms with Gasteiger partial charge < -0.3 is 15.2 Å². The fourth-order valence-electron chi connectivity index (χ4n) is 2.45. The second kappa shape index (κ2) is 7.10. The van der Waals surface area contributed by atoms with Crippen LogP contribution in [-0.4, -0.2) is 29.8 Å². The Hall–Kier alpha value is -1.81. The standard InChI is InChI=1S/C16H21NO3/c1-2-11-20-15-10-6-3-7-12(15)16(19)17-13-8-4-5-9-14(13)18/h2-3,6-7,10,13-14,18H,1,4-5,8-9,11H2,(H,17,19)/t13-,14-/m0/s1. The van der Waals surface area contributed by atoms with E-state index in [0.717, 1.165) is 25.7 Å². The lowest BCUT2D eigenvalue weighted by Crippen LogP contribution is -2.45. The minimum absolute atomic E-state index is 0.163. The lowest BCUT2D eigenvalue weighted by molar-refractivity contribution is 0.0715. The maximum Gasteiger partial charge on any atom is 0.255 e. The molecular weight excluding hydrogens is 254 g/mol. The molecule has 0 saturated heterocycles. The Balaban J connectivity index is 2.06. The molecule has 20 heavy (non-hydrogen) atoms. The van der Waals surface area contributed by atoms with Crippen molar-refractivity contribution in [3.05, 3.63) is 42.5 Å². The van der Waals surface area contributed by atoms with E-state index in [9.17, 15) is 9.90 Å². The van der Waals surface area contributed by atoms with Crippen LogP contribution < -0.4 is 10.1 Å². The van der Waals surface area contributed by atoms with Gasteiger partial charge in [-0.3, -0.25) is 4.79 Å². The second-order valence-corrected chi connectivity index (χ2v) is 5.03. The molecule has 1 aliphatic rings. The van der Waals surface area contributed by atoms with Gasteiger partial charge in [-0.25, -0.2) is 0 Å². The zero-order chi connectivity index (χ0) is 14.4. The largest absolute Gasteiger partial charge is 0.489 e. The van der Waals surface area contributed by atoms with Gasteiger partial charge in [0.2, 0.25) is 0 Å². The average molecular weight is 275 g/mol. The molecule has 0 radical (unpaired) electrons. The first-order valence-electron chi connectivity index (χ1n) is 7.04. The van der Waals surface area contributed by atoms with Gasteiger partial charge in [0.25, 0.3) is 5.91 Å². The van der Waals surface area contributed by atoms with E-state index in [0.29, 0.717) is 17.9 Å². The third-order valence-corrected chi connectivity index (χ3v) is 3.53. The Labute approximate surface area is 119 Å². The van der Waals surface area contributed by atoms with E-state index in [1.807, 2.05) is 6.07 Å². The quantitative estimate of drug-likeness (QED) is 0.811. The summed E-state index contributed by atoms with van der Waals surface area (Å²) in [5.41, 5.74) is 0.493. The zero-order valence-corrected chi connectivity index (χ0v) is 11.5. The first kappa shape index (κ1) is 14.6. The summed E-state index contributed by atoms with van der Waals surface area (Å²) in [6.45, 7) is 3.95. The highest BCUT2D eigenvalue weighted by atomic mass is 16.5. The molecule has 0 aliphatic heterocycles. The van der Waals surface area contributed by atoms with Crippen LogP contribution in [0.25, 0.3) is 0 Å². The van der Waals surface area contributed by atoms with E-state index < -0.39 is 6.10 Å². The number of nitrogens with one attached hydrogen (secondary N) is 1. The van der Waals surface area contributed by atoms with Crippen LogP contribution in [0.5, 0.6) is 5.75 Å². The maximum absolute atomic E-state index is 12.3. The number of para-hydroxylation sites is 1. The minimum Gasteiger partial charge on any atom is -0.489 e. The van der Waals surface area contributed by atoms with Gasteiger partial charge in [-0.05, 0) is 25.0 Å². The van der Waals surface area contributed by atoms with Crippen LogP contribution in [-0.2, 0) is 0 Å². The maximum atomic E-state index is 12.3. The van der Waals surface area contributed by atoms with Crippen LogP contribution in [0.4, 0.5) is 0 Å². The van der Waals surface area contributed by atoms with Crippen molar-refractivity contribution in [2.75, 3.05) is 6.61 Å². The van der Waals surface area contributed by atoms with Crippen LogP contribution in [0.1, 0.15) is 36.0 Å². The summed E-state index contributed by atoms with van der Waals surface area (Å²) in [5.74, 6) is 0.339. The molecule has 2 atom stereocenters. The van der Waals surface area contributed by atoms with Crippen LogP contribution in [0, 0.1) is 0 Å². The van der Waals surface area contributed by atoms with Gasteiger partial charge in [-0.15, -0.1) is 0 Å². The molecule has 0 bridgehead atoms. The van der Waals surface area contributed by atoms with E-state index >= 15 is 0 Å². The highest BCUT2D eigenvalue weighted by Gasteiger charge is 2.25. The molecule has 1 saturated carbocycles. The molecule has 1 aromatic rings. The third kappa shape index (κ3) is 3.61. The Morgan fingerprint density at radius 3 is 2.90 bits per heavy atom. The van der Waals surface area contributed by atoms with E-state index in [4.69, 9.17) is 4.74 Å². The van der Waals surface area contributed by atoms with Crippen LogP contribution in [0.15, 0.2) is 36.9 Å². The summed E-state index contributed by atoms with van der Waals surface area (Å²) in [6, 6.07) is 6.94. The summed E-state index contributed by atoms with van der Waals surface area (Å²) >= 11 is 0. The predicted molar refractivity (Wildman–Crippen MR) is 77.9 cm³/mol. The molecule has 2 rings (SSSR count). The molecule has 0 heterocycles. The highest BCUT2D eigenvalue weighted by molar-refractivity contribution is 5.97. The topological polar surface area (TPSA) is 58.6 Å². The minimum atomic E-state index is -0.450. The molecular formula is C16H21NO3. The number of ether oxygens (including phenoxy) is 1. The molecule has 0 unspecified atom stereocenters. The van der Waals surface area contributed by atoms with E-state index in [2.05, 4.69) is 11.9 Å². The Bertz CT molecular complexity index is 473. The Morgan fingerprint density at radius 2 is 2.15 bits per heavy atom. The predicted octanol–water partition coefficient (Wildman–Crippen LogP) is 2.28. The Kier molecular flexibility index (Phi) is 5.18. The van der Waals surface area contributed by atoms with Crippen molar-refractivity contribution in [1.82, 2.24) is 5.32 Å². The second-order valence-electron chi connectivity index (χ2n) is 5.03. The molecule has 108 valence electrons. The lowest BCUT2D eigenvalue weighted by Gasteiger charge is -2.28. The van der Waals surface area contributed by atoms with E-state index in [1.54, 1.807) is 24.3 Å². The van der Waals surface area contributed by atoms with Crippen molar-refractivity contribution in [3.63, 3.8) is 0 Å². The molecule has 2 N–H and O–H groups in total. The van der Waals surface area contributed by atoms with E-state index in [1.165, 1.54) is 0 Å². The first-order chi connectivity index (χ1) is 9.72. The normalized spacial score (nSPS) is 22.1. The monoisotopic (exact) mass is 275 g/mol. The van der Waals surface area contributed by atoms with E-state index in [-0.39, 0.29) is 11.9 Å². The van der Waals surface area contributed by atoms with Crippen molar-refractivity contribution in [1.29, 1.82) is 0 Å². The van der Waals surface area contributed by atoms with Crippen molar-refractivity contribution in [2.24, 2.45) is 0 Å². The lowest BCUT2D eigenvalue weighted by atomic mass is 9.92. The number of hydrogen-bond donors (Lipinski definition) is 2. The summed E-state index contributed by atoms with van der Waals surface area (Å²) in [5, 5.41) is 12.8. The smallest absolute Gasteiger partial charge is 0.255 e. The number of amides is 1. The number of benzene rings is 1. The molecule has 4 nitrogen and oxygen atoms in total.